The molecule has 1 aromatic rings. The second kappa shape index (κ2) is 5.00. The highest BCUT2D eigenvalue weighted by atomic mass is 32.1. The lowest BCUT2D eigenvalue weighted by Gasteiger charge is -2.37. The average molecular weight is 255 g/mol. The fourth-order valence-electron chi connectivity index (χ4n) is 2.40. The van der Waals surface area contributed by atoms with Gasteiger partial charge in [-0.15, -0.1) is 0 Å². The van der Waals surface area contributed by atoms with Crippen LogP contribution in [-0.4, -0.2) is 26.0 Å². The van der Waals surface area contributed by atoms with Gasteiger partial charge in [0.2, 0.25) is 5.13 Å². The van der Waals surface area contributed by atoms with Crippen molar-refractivity contribution < 1.29 is 9.90 Å². The maximum atomic E-state index is 11.5. The van der Waals surface area contributed by atoms with Gasteiger partial charge in [0.05, 0.1) is 0 Å². The summed E-state index contributed by atoms with van der Waals surface area (Å²) in [6, 6.07) is 0. The minimum Gasteiger partial charge on any atom is -0.480 e. The third-order valence-electron chi connectivity index (χ3n) is 3.65. The number of aliphatic carboxylic acids is 1. The van der Waals surface area contributed by atoms with Gasteiger partial charge >= 0.3 is 5.97 Å². The number of nitrogens with zero attached hydrogens (tertiary/aromatic N) is 2. The summed E-state index contributed by atoms with van der Waals surface area (Å²) < 4.78 is 3.88. The Morgan fingerprint density at radius 2 is 2.35 bits per heavy atom. The topological polar surface area (TPSA) is 75.1 Å². The molecule has 1 aliphatic rings. The molecule has 5 nitrogen and oxygen atoms in total. The quantitative estimate of drug-likeness (QED) is 0.864. The van der Waals surface area contributed by atoms with E-state index in [2.05, 4.69) is 21.6 Å². The fraction of sp³-hybridized carbons (Fsp3) is 0.727. The van der Waals surface area contributed by atoms with Crippen LogP contribution >= 0.6 is 11.5 Å². The first-order valence-corrected chi connectivity index (χ1v) is 6.72. The molecule has 94 valence electrons. The van der Waals surface area contributed by atoms with Crippen LogP contribution in [0.3, 0.4) is 0 Å². The number of hydrogen-bond donors (Lipinski definition) is 2. The molecule has 0 spiro atoms. The van der Waals surface area contributed by atoms with Gasteiger partial charge in [-0.1, -0.05) is 13.3 Å². The van der Waals surface area contributed by atoms with Gasteiger partial charge in [0.1, 0.15) is 11.9 Å². The van der Waals surface area contributed by atoms with Crippen LogP contribution in [0.1, 0.15) is 39.0 Å². The molecule has 1 aliphatic carbocycles. The van der Waals surface area contributed by atoms with Gasteiger partial charge in [-0.25, -0.2) is 9.78 Å². The third-order valence-corrected chi connectivity index (χ3v) is 4.23. The van der Waals surface area contributed by atoms with Gasteiger partial charge in [-0.3, -0.25) is 0 Å². The molecule has 0 radical (unpaired) electrons. The van der Waals surface area contributed by atoms with Crippen LogP contribution < -0.4 is 5.32 Å². The number of anilines is 1. The molecule has 0 bridgehead atoms. The largest absolute Gasteiger partial charge is 0.480 e. The Balaban J connectivity index is 2.09. The number of rotatable bonds is 4. The van der Waals surface area contributed by atoms with Crippen LogP contribution in [0.5, 0.6) is 0 Å². The van der Waals surface area contributed by atoms with Crippen molar-refractivity contribution in [2.24, 2.45) is 5.92 Å². The lowest BCUT2D eigenvalue weighted by atomic mass is 9.75. The van der Waals surface area contributed by atoms with Gasteiger partial charge in [0.25, 0.3) is 0 Å². The molecule has 0 saturated heterocycles. The van der Waals surface area contributed by atoms with E-state index in [1.54, 1.807) is 0 Å². The van der Waals surface area contributed by atoms with Crippen LogP contribution in [0.4, 0.5) is 5.13 Å². The Morgan fingerprint density at radius 1 is 1.65 bits per heavy atom. The number of aromatic nitrogens is 2. The molecular weight excluding hydrogens is 238 g/mol. The molecule has 0 unspecified atom stereocenters. The number of hydrogen-bond acceptors (Lipinski definition) is 5. The van der Waals surface area contributed by atoms with Crippen LogP contribution in [0.25, 0.3) is 0 Å². The van der Waals surface area contributed by atoms with E-state index in [0.717, 1.165) is 19.3 Å². The van der Waals surface area contributed by atoms with Crippen LogP contribution in [0.15, 0.2) is 6.33 Å². The van der Waals surface area contributed by atoms with Crippen molar-refractivity contribution >= 4 is 22.6 Å². The van der Waals surface area contributed by atoms with E-state index in [1.807, 2.05) is 0 Å². The number of carboxylic acid groups (broad SMARTS) is 1. The Morgan fingerprint density at radius 3 is 2.82 bits per heavy atom. The summed E-state index contributed by atoms with van der Waals surface area (Å²) in [4.78, 5) is 15.5. The molecule has 2 N–H and O–H groups in total. The predicted octanol–water partition coefficient (Wildman–Crippen LogP) is 2.37. The Bertz CT molecular complexity index is 372. The van der Waals surface area contributed by atoms with Crippen molar-refractivity contribution in [3.8, 4) is 0 Å². The molecule has 0 amide bonds. The van der Waals surface area contributed by atoms with Crippen molar-refractivity contribution in [1.82, 2.24) is 9.36 Å². The van der Waals surface area contributed by atoms with Gasteiger partial charge in [0.15, 0.2) is 0 Å². The highest BCUT2D eigenvalue weighted by Crippen LogP contribution is 2.36. The van der Waals surface area contributed by atoms with Crippen molar-refractivity contribution in [2.75, 3.05) is 5.32 Å². The summed E-state index contributed by atoms with van der Waals surface area (Å²) in [7, 11) is 0. The van der Waals surface area contributed by atoms with Crippen molar-refractivity contribution in [2.45, 2.75) is 44.6 Å². The summed E-state index contributed by atoms with van der Waals surface area (Å²) in [5, 5.41) is 13.1. The molecule has 0 aromatic carbocycles. The summed E-state index contributed by atoms with van der Waals surface area (Å²) in [6.45, 7) is 2.16. The van der Waals surface area contributed by atoms with Crippen molar-refractivity contribution in [3.63, 3.8) is 0 Å². The Labute approximate surface area is 104 Å². The molecular formula is C11H17N3O2S. The summed E-state index contributed by atoms with van der Waals surface area (Å²) in [6.07, 6.45) is 5.85. The maximum absolute atomic E-state index is 11.5. The highest BCUT2D eigenvalue weighted by Gasteiger charge is 2.42. The first kappa shape index (κ1) is 12.3. The minimum absolute atomic E-state index is 0.599. The van der Waals surface area contributed by atoms with E-state index < -0.39 is 11.5 Å². The van der Waals surface area contributed by atoms with Crippen LogP contribution in [0.2, 0.25) is 0 Å². The zero-order chi connectivity index (χ0) is 12.3. The molecule has 1 heterocycles. The molecule has 0 aliphatic heterocycles. The molecule has 1 fully saturated rings. The molecule has 0 atom stereocenters. The minimum atomic E-state index is -0.842. The van der Waals surface area contributed by atoms with E-state index >= 15 is 0 Å². The second-order valence-electron chi connectivity index (χ2n) is 4.61. The normalized spacial score (nSPS) is 28.9. The smallest absolute Gasteiger partial charge is 0.329 e. The molecule has 1 aromatic heterocycles. The fourth-order valence-corrected chi connectivity index (χ4v) is 2.93. The van der Waals surface area contributed by atoms with Gasteiger partial charge in [-0.2, -0.15) is 4.37 Å². The summed E-state index contributed by atoms with van der Waals surface area (Å²) in [5.74, 6) is -0.110. The SMILES string of the molecule is CCC1CCC(Nc2ncns2)(C(=O)O)CC1. The molecule has 2 rings (SSSR count). The van der Waals surface area contributed by atoms with E-state index in [-0.39, 0.29) is 0 Å². The Hall–Kier alpha value is -1.17. The highest BCUT2D eigenvalue weighted by molar-refractivity contribution is 7.09. The standard InChI is InChI=1S/C11H17N3O2S/c1-2-8-3-5-11(6-4-8,9(15)16)14-10-12-7-13-17-10/h7-8H,2-6H2,1H3,(H,15,16)(H,12,13,14). The Kier molecular flexibility index (Phi) is 3.61. The van der Waals surface area contributed by atoms with E-state index in [0.29, 0.717) is 23.9 Å². The summed E-state index contributed by atoms with van der Waals surface area (Å²) >= 11 is 1.20. The lowest BCUT2D eigenvalue weighted by Crippen LogP contribution is -2.49. The van der Waals surface area contributed by atoms with Crippen LogP contribution in [0, 0.1) is 5.92 Å². The van der Waals surface area contributed by atoms with Crippen molar-refractivity contribution in [3.05, 3.63) is 6.33 Å². The van der Waals surface area contributed by atoms with Crippen LogP contribution in [-0.2, 0) is 4.79 Å². The van der Waals surface area contributed by atoms with Gasteiger partial charge in [0, 0.05) is 11.5 Å². The average Bonchev–Trinajstić information content (AvgIpc) is 2.82. The zero-order valence-corrected chi connectivity index (χ0v) is 10.7. The molecule has 1 saturated carbocycles. The molecule has 6 heteroatoms. The zero-order valence-electron chi connectivity index (χ0n) is 9.85. The first-order chi connectivity index (χ1) is 8.16. The summed E-state index contributed by atoms with van der Waals surface area (Å²) in [5.41, 5.74) is -0.842. The monoisotopic (exact) mass is 255 g/mol. The number of carboxylic acids is 1. The molecule has 17 heavy (non-hydrogen) atoms. The lowest BCUT2D eigenvalue weighted by molar-refractivity contribution is -0.143. The predicted molar refractivity (Wildman–Crippen MR) is 66.1 cm³/mol. The van der Waals surface area contributed by atoms with E-state index in [1.165, 1.54) is 17.9 Å². The second-order valence-corrected chi connectivity index (χ2v) is 5.39. The van der Waals surface area contributed by atoms with E-state index in [4.69, 9.17) is 0 Å². The number of nitrogens with one attached hydrogen (secondary N) is 1. The maximum Gasteiger partial charge on any atom is 0.329 e. The van der Waals surface area contributed by atoms with Crippen molar-refractivity contribution in [1.29, 1.82) is 0 Å². The van der Waals surface area contributed by atoms with Gasteiger partial charge in [-0.05, 0) is 31.6 Å². The third kappa shape index (κ3) is 2.57. The van der Waals surface area contributed by atoms with Gasteiger partial charge < -0.3 is 10.4 Å². The number of carbonyl (C=O) groups is 1. The van der Waals surface area contributed by atoms with E-state index in [9.17, 15) is 9.90 Å². The first-order valence-electron chi connectivity index (χ1n) is 5.94.